The smallest absolute Gasteiger partial charge is 0.0820 e. The van der Waals surface area contributed by atoms with Crippen LogP contribution in [0.25, 0.3) is 71.0 Å². The maximum Gasteiger partial charge on any atom is 0.0820 e. The van der Waals surface area contributed by atoms with Gasteiger partial charge in [0.1, 0.15) is 0 Å². The van der Waals surface area contributed by atoms with Crippen LogP contribution in [0.3, 0.4) is 0 Å². The molecule has 2 heterocycles. The van der Waals surface area contributed by atoms with Gasteiger partial charge in [0.15, 0.2) is 0 Å². The molecule has 0 fully saturated rings. The van der Waals surface area contributed by atoms with Crippen molar-refractivity contribution in [2.45, 2.75) is 5.41 Å². The number of para-hydroxylation sites is 4. The summed E-state index contributed by atoms with van der Waals surface area (Å²) in [7, 11) is 0. The minimum atomic E-state index is -0.492. The number of aromatic nitrogens is 1. The molecule has 0 amide bonds. The zero-order chi connectivity index (χ0) is 39.4. The fourth-order valence-electron chi connectivity index (χ4n) is 10.5. The van der Waals surface area contributed by atoms with Gasteiger partial charge >= 0.3 is 0 Å². The summed E-state index contributed by atoms with van der Waals surface area (Å²) in [6, 6.07) is 80.7. The summed E-state index contributed by atoms with van der Waals surface area (Å²) in [5, 5.41) is 3.88. The molecule has 13 rings (SSSR count). The summed E-state index contributed by atoms with van der Waals surface area (Å²) >= 11 is 1.96. The lowest BCUT2D eigenvalue weighted by molar-refractivity contribution is 0.812. The Bertz CT molecular complexity index is 3390. The van der Waals surface area contributed by atoms with Crippen LogP contribution in [-0.2, 0) is 5.41 Å². The Morgan fingerprint density at radius 3 is 1.65 bits per heavy atom. The molecular weight excluding hydrogens is 745 g/mol. The van der Waals surface area contributed by atoms with Crippen molar-refractivity contribution in [1.82, 2.24) is 4.57 Å². The van der Waals surface area contributed by atoms with Gasteiger partial charge in [-0.15, -0.1) is 11.3 Å². The van der Waals surface area contributed by atoms with Crippen molar-refractivity contribution in [2.24, 2.45) is 0 Å². The molecule has 280 valence electrons. The SMILES string of the molecule is c1ccc(N(c2ccccc2)c2ccc3c(c2)C2(c4ccccc4-3)c3cc(-c4ccc(-n5c6ccccc6c6ccccc65)cc4)ccc3-c3c2sc2ccccc32)cc1. The molecule has 2 aromatic heterocycles. The van der Waals surface area contributed by atoms with E-state index in [1.54, 1.807) is 0 Å². The number of thiophene rings is 1. The van der Waals surface area contributed by atoms with Crippen LogP contribution in [0.15, 0.2) is 218 Å². The van der Waals surface area contributed by atoms with Crippen LogP contribution in [0.4, 0.5) is 17.1 Å². The molecular formula is C57H36N2S. The van der Waals surface area contributed by atoms with Gasteiger partial charge in [0.25, 0.3) is 0 Å². The first kappa shape index (κ1) is 33.5. The predicted octanol–water partition coefficient (Wildman–Crippen LogP) is 15.5. The van der Waals surface area contributed by atoms with Crippen LogP contribution in [0.5, 0.6) is 0 Å². The summed E-state index contributed by atoms with van der Waals surface area (Å²) in [6.07, 6.45) is 0. The van der Waals surface area contributed by atoms with Crippen LogP contribution in [0, 0.1) is 0 Å². The van der Waals surface area contributed by atoms with E-state index in [1.807, 2.05) is 11.3 Å². The lowest BCUT2D eigenvalue weighted by Crippen LogP contribution is -2.25. The van der Waals surface area contributed by atoms with Crippen molar-refractivity contribution in [1.29, 1.82) is 0 Å². The van der Waals surface area contributed by atoms with Crippen LogP contribution in [0.1, 0.15) is 21.6 Å². The topological polar surface area (TPSA) is 8.17 Å². The summed E-state index contributed by atoms with van der Waals surface area (Å²) < 4.78 is 3.72. The number of benzene rings is 9. The van der Waals surface area contributed by atoms with E-state index in [2.05, 4.69) is 228 Å². The van der Waals surface area contributed by atoms with Gasteiger partial charge in [-0.05, 0) is 117 Å². The number of anilines is 3. The maximum atomic E-state index is 2.51. The maximum absolute atomic E-state index is 2.51. The molecule has 11 aromatic rings. The monoisotopic (exact) mass is 780 g/mol. The average molecular weight is 781 g/mol. The molecule has 1 unspecified atom stereocenters. The minimum Gasteiger partial charge on any atom is -0.310 e. The molecule has 60 heavy (non-hydrogen) atoms. The lowest BCUT2D eigenvalue weighted by atomic mass is 9.73. The number of rotatable bonds is 5. The van der Waals surface area contributed by atoms with Gasteiger partial charge in [0, 0.05) is 54.0 Å². The fourth-order valence-corrected chi connectivity index (χ4v) is 11.9. The number of fused-ring (bicyclic) bond motifs is 15. The van der Waals surface area contributed by atoms with E-state index in [0.29, 0.717) is 0 Å². The van der Waals surface area contributed by atoms with E-state index in [9.17, 15) is 0 Å². The van der Waals surface area contributed by atoms with Crippen LogP contribution >= 0.6 is 11.3 Å². The van der Waals surface area contributed by atoms with Crippen molar-refractivity contribution in [2.75, 3.05) is 4.90 Å². The van der Waals surface area contributed by atoms with Crippen LogP contribution in [-0.4, -0.2) is 4.57 Å². The average Bonchev–Trinajstić information content (AvgIpc) is 4.03. The second-order valence-electron chi connectivity index (χ2n) is 16.0. The van der Waals surface area contributed by atoms with E-state index in [1.165, 1.54) is 86.8 Å². The molecule has 2 aliphatic carbocycles. The van der Waals surface area contributed by atoms with Crippen LogP contribution < -0.4 is 4.90 Å². The lowest BCUT2D eigenvalue weighted by Gasteiger charge is -2.31. The molecule has 9 aromatic carbocycles. The molecule has 0 radical (unpaired) electrons. The summed E-state index contributed by atoms with van der Waals surface area (Å²) in [5.41, 5.74) is 18.3. The normalized spacial score (nSPS) is 14.7. The summed E-state index contributed by atoms with van der Waals surface area (Å²) in [5.74, 6) is 0. The molecule has 2 nitrogen and oxygen atoms in total. The van der Waals surface area contributed by atoms with E-state index < -0.39 is 5.41 Å². The second-order valence-corrected chi connectivity index (χ2v) is 17.1. The number of nitrogens with zero attached hydrogens (tertiary/aromatic N) is 2. The van der Waals surface area contributed by atoms with E-state index in [-0.39, 0.29) is 0 Å². The predicted molar refractivity (Wildman–Crippen MR) is 253 cm³/mol. The molecule has 1 spiro atoms. The first-order chi connectivity index (χ1) is 29.8. The zero-order valence-electron chi connectivity index (χ0n) is 32.6. The largest absolute Gasteiger partial charge is 0.310 e. The number of hydrogen-bond donors (Lipinski definition) is 0. The Labute approximate surface area is 352 Å². The Morgan fingerprint density at radius 2 is 0.933 bits per heavy atom. The molecule has 0 saturated carbocycles. The Hall–Kier alpha value is -7.46. The first-order valence-electron chi connectivity index (χ1n) is 20.7. The third-order valence-corrected chi connectivity index (χ3v) is 14.3. The van der Waals surface area contributed by atoms with Gasteiger partial charge < -0.3 is 9.47 Å². The van der Waals surface area contributed by atoms with E-state index in [4.69, 9.17) is 0 Å². The highest BCUT2D eigenvalue weighted by molar-refractivity contribution is 7.20. The second kappa shape index (κ2) is 12.8. The van der Waals surface area contributed by atoms with Crippen molar-refractivity contribution >= 4 is 60.3 Å². The third kappa shape index (κ3) is 4.58. The van der Waals surface area contributed by atoms with Gasteiger partial charge in [-0.25, -0.2) is 0 Å². The van der Waals surface area contributed by atoms with E-state index in [0.717, 1.165) is 22.7 Å². The molecule has 0 bridgehead atoms. The quantitative estimate of drug-likeness (QED) is 0.169. The van der Waals surface area contributed by atoms with Crippen molar-refractivity contribution in [3.63, 3.8) is 0 Å². The first-order valence-corrected chi connectivity index (χ1v) is 21.5. The number of hydrogen-bond acceptors (Lipinski definition) is 2. The molecule has 3 heteroatoms. The van der Waals surface area contributed by atoms with Crippen molar-refractivity contribution in [3.05, 3.63) is 240 Å². The van der Waals surface area contributed by atoms with Gasteiger partial charge in [0.05, 0.1) is 16.4 Å². The zero-order valence-corrected chi connectivity index (χ0v) is 33.4. The molecule has 0 N–H and O–H groups in total. The summed E-state index contributed by atoms with van der Waals surface area (Å²) in [6.45, 7) is 0. The van der Waals surface area contributed by atoms with Gasteiger partial charge in [-0.2, -0.15) is 0 Å². The standard InChI is InChI=1S/C57H36N2S/c1-3-15-39(16-4-1)58(40-17-5-2-6-18-40)42-32-34-44-43-19-7-11-23-49(43)57(51(44)36-42)50-35-38(29-33-47(50)55-48-22-10-14-26-54(48)60-56(55)57)37-27-30-41(31-28-37)59-52-24-12-8-20-45(52)46-21-9-13-25-53(46)59/h1-36H. The van der Waals surface area contributed by atoms with Gasteiger partial charge in [-0.3, -0.25) is 0 Å². The molecule has 0 saturated heterocycles. The molecule has 0 aliphatic heterocycles. The van der Waals surface area contributed by atoms with Gasteiger partial charge in [0.2, 0.25) is 0 Å². The molecule has 2 aliphatic rings. The van der Waals surface area contributed by atoms with Gasteiger partial charge in [-0.1, -0.05) is 146 Å². The third-order valence-electron chi connectivity index (χ3n) is 13.0. The Balaban J connectivity index is 1.04. The van der Waals surface area contributed by atoms with Crippen molar-refractivity contribution < 1.29 is 0 Å². The Morgan fingerprint density at radius 1 is 0.383 bits per heavy atom. The fraction of sp³-hybridized carbons (Fsp3) is 0.0175. The minimum absolute atomic E-state index is 0.492. The van der Waals surface area contributed by atoms with Crippen molar-refractivity contribution in [3.8, 4) is 39.1 Å². The Kier molecular flexibility index (Phi) is 7.13. The molecule has 1 atom stereocenters. The highest BCUT2D eigenvalue weighted by Gasteiger charge is 2.53. The van der Waals surface area contributed by atoms with E-state index >= 15 is 0 Å². The van der Waals surface area contributed by atoms with Crippen LogP contribution in [0.2, 0.25) is 0 Å². The highest BCUT2D eigenvalue weighted by Crippen LogP contribution is 2.66. The summed E-state index contributed by atoms with van der Waals surface area (Å²) in [4.78, 5) is 3.81. The highest BCUT2D eigenvalue weighted by atomic mass is 32.1.